The summed E-state index contributed by atoms with van der Waals surface area (Å²) in [6.45, 7) is 4.53. The standard InChI is InChI=1S/C24H26N2O4S/c1-17-11-13-20(14-12-17)30-16-18(2)25-23(27)10-5-15-26-21-8-3-6-19-7-4-9-22(24(19)21)31(26,28)29/h3-4,6-9,11-14,18H,5,10,15-16H2,1-2H3,(H,25,27)/t18-/m1/s1. The Morgan fingerprint density at radius 3 is 2.52 bits per heavy atom. The summed E-state index contributed by atoms with van der Waals surface area (Å²) in [6, 6.07) is 18.5. The lowest BCUT2D eigenvalue weighted by molar-refractivity contribution is -0.121. The lowest BCUT2D eigenvalue weighted by atomic mass is 10.1. The molecule has 0 radical (unpaired) electrons. The van der Waals surface area contributed by atoms with Gasteiger partial charge in [0.2, 0.25) is 5.91 Å². The molecule has 1 aliphatic rings. The van der Waals surface area contributed by atoms with Gasteiger partial charge in [-0.3, -0.25) is 9.10 Å². The molecule has 4 rings (SSSR count). The van der Waals surface area contributed by atoms with Gasteiger partial charge in [-0.05, 0) is 49.9 Å². The number of carbonyl (C=O) groups is 1. The number of amides is 1. The van der Waals surface area contributed by atoms with E-state index in [2.05, 4.69) is 5.32 Å². The monoisotopic (exact) mass is 438 g/mol. The SMILES string of the molecule is Cc1ccc(OC[C@@H](C)NC(=O)CCCN2c3cccc4cccc(c34)S2(=O)=O)cc1. The average Bonchev–Trinajstić information content (AvgIpc) is 2.96. The molecule has 0 saturated carbocycles. The van der Waals surface area contributed by atoms with Gasteiger partial charge in [0.25, 0.3) is 10.0 Å². The van der Waals surface area contributed by atoms with Crippen LogP contribution in [0.2, 0.25) is 0 Å². The molecule has 31 heavy (non-hydrogen) atoms. The van der Waals surface area contributed by atoms with Gasteiger partial charge in [0.15, 0.2) is 0 Å². The predicted octanol–water partition coefficient (Wildman–Crippen LogP) is 4.02. The first-order valence-electron chi connectivity index (χ1n) is 10.4. The first kappa shape index (κ1) is 21.2. The van der Waals surface area contributed by atoms with Crippen molar-refractivity contribution in [1.29, 1.82) is 0 Å². The summed E-state index contributed by atoms with van der Waals surface area (Å²) in [6.07, 6.45) is 0.675. The van der Waals surface area contributed by atoms with Crippen molar-refractivity contribution in [2.45, 2.75) is 37.6 Å². The first-order chi connectivity index (χ1) is 14.9. The third-order valence-electron chi connectivity index (χ3n) is 5.37. The van der Waals surface area contributed by atoms with Gasteiger partial charge >= 0.3 is 0 Å². The highest BCUT2D eigenvalue weighted by atomic mass is 32.2. The Bertz CT molecular complexity index is 1200. The fraction of sp³-hybridized carbons (Fsp3) is 0.292. The second-order valence-corrected chi connectivity index (χ2v) is 9.74. The fourth-order valence-electron chi connectivity index (χ4n) is 3.83. The second-order valence-electron chi connectivity index (χ2n) is 7.90. The van der Waals surface area contributed by atoms with Crippen LogP contribution >= 0.6 is 0 Å². The molecule has 0 aromatic heterocycles. The summed E-state index contributed by atoms with van der Waals surface area (Å²) in [7, 11) is -3.58. The number of hydrogen-bond donors (Lipinski definition) is 1. The lowest BCUT2D eigenvalue weighted by Gasteiger charge is -2.19. The molecule has 1 amide bonds. The van der Waals surface area contributed by atoms with E-state index < -0.39 is 10.0 Å². The minimum Gasteiger partial charge on any atom is -0.491 e. The summed E-state index contributed by atoms with van der Waals surface area (Å²) < 4.78 is 33.1. The summed E-state index contributed by atoms with van der Waals surface area (Å²) in [5, 5.41) is 4.58. The van der Waals surface area contributed by atoms with Crippen molar-refractivity contribution in [3.63, 3.8) is 0 Å². The molecular weight excluding hydrogens is 412 g/mol. The zero-order chi connectivity index (χ0) is 22.0. The van der Waals surface area contributed by atoms with E-state index in [1.807, 2.05) is 62.4 Å². The molecule has 162 valence electrons. The Morgan fingerprint density at radius 1 is 1.06 bits per heavy atom. The third-order valence-corrected chi connectivity index (χ3v) is 7.23. The van der Waals surface area contributed by atoms with Gasteiger partial charge in [0, 0.05) is 18.4 Å². The van der Waals surface area contributed by atoms with Crippen LogP contribution in [0, 0.1) is 6.92 Å². The molecule has 0 saturated heterocycles. The number of hydrogen-bond acceptors (Lipinski definition) is 4. The fourth-order valence-corrected chi connectivity index (χ4v) is 5.58. The van der Waals surface area contributed by atoms with Gasteiger partial charge in [-0.1, -0.05) is 42.0 Å². The molecule has 7 heteroatoms. The van der Waals surface area contributed by atoms with Crippen LogP contribution in [0.25, 0.3) is 10.8 Å². The molecule has 1 atom stereocenters. The first-order valence-corrected chi connectivity index (χ1v) is 11.8. The second kappa shape index (κ2) is 8.59. The number of carbonyl (C=O) groups excluding carboxylic acids is 1. The van der Waals surface area contributed by atoms with Gasteiger partial charge in [-0.2, -0.15) is 0 Å². The highest BCUT2D eigenvalue weighted by Crippen LogP contribution is 2.41. The van der Waals surface area contributed by atoms with E-state index in [0.29, 0.717) is 23.6 Å². The maximum atomic E-state index is 13.0. The zero-order valence-corrected chi connectivity index (χ0v) is 18.5. The molecule has 0 spiro atoms. The van der Waals surface area contributed by atoms with Crippen molar-refractivity contribution in [2.75, 3.05) is 17.5 Å². The van der Waals surface area contributed by atoms with Crippen LogP contribution < -0.4 is 14.4 Å². The van der Waals surface area contributed by atoms with Crippen LogP contribution in [-0.4, -0.2) is 33.5 Å². The topological polar surface area (TPSA) is 75.7 Å². The van der Waals surface area contributed by atoms with Crippen molar-refractivity contribution in [1.82, 2.24) is 5.32 Å². The number of sulfonamides is 1. The minimum absolute atomic E-state index is 0.118. The molecule has 6 nitrogen and oxygen atoms in total. The quantitative estimate of drug-likeness (QED) is 0.576. The number of nitrogens with zero attached hydrogens (tertiary/aromatic N) is 1. The Hall–Kier alpha value is -3.06. The van der Waals surface area contributed by atoms with Gasteiger partial charge in [0.1, 0.15) is 12.4 Å². The molecule has 3 aromatic rings. The van der Waals surface area contributed by atoms with E-state index in [1.54, 1.807) is 12.1 Å². The predicted molar refractivity (Wildman–Crippen MR) is 122 cm³/mol. The maximum Gasteiger partial charge on any atom is 0.265 e. The summed E-state index contributed by atoms with van der Waals surface area (Å²) in [5.41, 5.74) is 1.85. The van der Waals surface area contributed by atoms with Crippen molar-refractivity contribution in [3.05, 3.63) is 66.2 Å². The molecular formula is C24H26N2O4S. The van der Waals surface area contributed by atoms with E-state index in [9.17, 15) is 13.2 Å². The molecule has 3 aromatic carbocycles. The number of ether oxygens (including phenoxy) is 1. The van der Waals surface area contributed by atoms with Gasteiger partial charge < -0.3 is 10.1 Å². The molecule has 1 N–H and O–H groups in total. The summed E-state index contributed by atoms with van der Waals surface area (Å²) in [5.74, 6) is 0.645. The maximum absolute atomic E-state index is 13.0. The van der Waals surface area contributed by atoms with Crippen molar-refractivity contribution in [2.24, 2.45) is 0 Å². The van der Waals surface area contributed by atoms with Gasteiger partial charge in [-0.15, -0.1) is 0 Å². The minimum atomic E-state index is -3.58. The summed E-state index contributed by atoms with van der Waals surface area (Å²) >= 11 is 0. The third kappa shape index (κ3) is 4.37. The number of nitrogens with one attached hydrogen (secondary N) is 1. The van der Waals surface area contributed by atoms with Crippen LogP contribution in [0.4, 0.5) is 5.69 Å². The number of rotatable bonds is 8. The molecule has 0 unspecified atom stereocenters. The Balaban J connectivity index is 1.30. The van der Waals surface area contributed by atoms with Gasteiger partial charge in [-0.25, -0.2) is 8.42 Å². The van der Waals surface area contributed by atoms with Crippen LogP contribution in [0.5, 0.6) is 5.75 Å². The molecule has 1 heterocycles. The van der Waals surface area contributed by atoms with E-state index in [-0.39, 0.29) is 24.9 Å². The molecule has 1 aliphatic heterocycles. The highest BCUT2D eigenvalue weighted by Gasteiger charge is 2.35. The Morgan fingerprint density at radius 2 is 1.77 bits per heavy atom. The smallest absolute Gasteiger partial charge is 0.265 e. The number of aryl methyl sites for hydroxylation is 1. The molecule has 0 fully saturated rings. The lowest BCUT2D eigenvalue weighted by Crippen LogP contribution is -2.37. The van der Waals surface area contributed by atoms with Crippen LogP contribution in [0.15, 0.2) is 65.6 Å². The van der Waals surface area contributed by atoms with Crippen molar-refractivity contribution >= 4 is 32.4 Å². The van der Waals surface area contributed by atoms with Crippen LogP contribution in [0.3, 0.4) is 0 Å². The van der Waals surface area contributed by atoms with Crippen LogP contribution in [0.1, 0.15) is 25.3 Å². The molecule has 0 aliphatic carbocycles. The van der Waals surface area contributed by atoms with E-state index in [4.69, 9.17) is 4.74 Å². The Labute approximate surface area is 182 Å². The summed E-state index contributed by atoms with van der Waals surface area (Å²) in [4.78, 5) is 12.7. The average molecular weight is 439 g/mol. The van der Waals surface area contributed by atoms with Crippen molar-refractivity contribution < 1.29 is 17.9 Å². The normalized spacial score (nSPS) is 15.1. The van der Waals surface area contributed by atoms with Crippen molar-refractivity contribution in [3.8, 4) is 5.75 Å². The largest absolute Gasteiger partial charge is 0.491 e. The van der Waals surface area contributed by atoms with E-state index in [0.717, 1.165) is 22.1 Å². The Kier molecular flexibility index (Phi) is 5.87. The van der Waals surface area contributed by atoms with E-state index in [1.165, 1.54) is 4.31 Å². The van der Waals surface area contributed by atoms with Crippen LogP contribution in [-0.2, 0) is 14.8 Å². The molecule has 0 bridgehead atoms. The number of anilines is 1. The zero-order valence-electron chi connectivity index (χ0n) is 17.7. The number of benzene rings is 3. The van der Waals surface area contributed by atoms with Gasteiger partial charge in [0.05, 0.1) is 16.6 Å². The highest BCUT2D eigenvalue weighted by molar-refractivity contribution is 7.93. The van der Waals surface area contributed by atoms with E-state index >= 15 is 0 Å².